The highest BCUT2D eigenvalue weighted by molar-refractivity contribution is 7.80. The second-order valence-corrected chi connectivity index (χ2v) is 9.98. The summed E-state index contributed by atoms with van der Waals surface area (Å²) in [4.78, 5) is 20.4. The lowest BCUT2D eigenvalue weighted by Crippen LogP contribution is -2.51. The highest BCUT2D eigenvalue weighted by Crippen LogP contribution is 2.36. The fraction of sp³-hybridized carbons (Fsp3) is 0.481. The Morgan fingerprint density at radius 2 is 1.76 bits per heavy atom. The van der Waals surface area contributed by atoms with Gasteiger partial charge in [0.05, 0.1) is 13.0 Å². The number of piperazine rings is 1. The number of carbonyl (C=O) groups is 1. The minimum atomic E-state index is -0.135. The maximum absolute atomic E-state index is 13.8. The minimum absolute atomic E-state index is 0.0731. The van der Waals surface area contributed by atoms with E-state index in [-0.39, 0.29) is 23.8 Å². The van der Waals surface area contributed by atoms with Gasteiger partial charge in [-0.2, -0.15) is 0 Å². The fourth-order valence-corrected chi connectivity index (χ4v) is 5.47. The first-order chi connectivity index (χ1) is 16.4. The zero-order valence-electron chi connectivity index (χ0n) is 20.7. The van der Waals surface area contributed by atoms with E-state index >= 15 is 0 Å². The average Bonchev–Trinajstić information content (AvgIpc) is 3.29. The monoisotopic (exact) mass is 480 g/mol. The van der Waals surface area contributed by atoms with Gasteiger partial charge >= 0.3 is 0 Å². The van der Waals surface area contributed by atoms with Gasteiger partial charge in [0.15, 0.2) is 5.11 Å². The molecule has 0 radical (unpaired) electrons. The number of para-hydroxylation sites is 1. The van der Waals surface area contributed by atoms with Crippen LogP contribution in [0.4, 0.5) is 5.69 Å². The van der Waals surface area contributed by atoms with Crippen LogP contribution in [0.5, 0.6) is 5.75 Å². The van der Waals surface area contributed by atoms with Crippen molar-refractivity contribution in [3.05, 3.63) is 59.7 Å². The average molecular weight is 481 g/mol. The van der Waals surface area contributed by atoms with Crippen LogP contribution in [0.15, 0.2) is 48.5 Å². The molecule has 2 fully saturated rings. The van der Waals surface area contributed by atoms with Crippen molar-refractivity contribution in [1.29, 1.82) is 0 Å². The standard InChI is InChI=1S/C27H36N4O2S/c1-19(2)28-27(34)31-17-23(21-9-7-10-22(16-21)33-4)24(18-31)26(32)30-14-12-29(13-15-30)25-11-6-5-8-20(25)3/h5-11,16,19,23-24H,12-15,17-18H2,1-4H3,(H,28,34). The summed E-state index contributed by atoms with van der Waals surface area (Å²) in [5.41, 5.74) is 3.67. The van der Waals surface area contributed by atoms with Crippen LogP contribution in [0.1, 0.15) is 30.9 Å². The Kier molecular flexibility index (Phi) is 7.61. The number of anilines is 1. The first-order valence-electron chi connectivity index (χ1n) is 12.2. The number of hydrogen-bond donors (Lipinski definition) is 1. The van der Waals surface area contributed by atoms with Crippen LogP contribution in [0.3, 0.4) is 0 Å². The Labute approximate surface area is 208 Å². The molecule has 0 bridgehead atoms. The molecule has 2 aliphatic rings. The van der Waals surface area contributed by atoms with Crippen LogP contribution in [0.2, 0.25) is 0 Å². The molecule has 0 saturated carbocycles. The summed E-state index contributed by atoms with van der Waals surface area (Å²) in [5.74, 6) is 0.983. The zero-order valence-corrected chi connectivity index (χ0v) is 21.5. The number of hydrogen-bond acceptors (Lipinski definition) is 4. The smallest absolute Gasteiger partial charge is 0.228 e. The molecule has 2 aliphatic heterocycles. The number of benzene rings is 2. The van der Waals surface area contributed by atoms with Crippen molar-refractivity contribution >= 4 is 28.9 Å². The molecule has 2 saturated heterocycles. The number of ether oxygens (including phenoxy) is 1. The third-order valence-corrected chi connectivity index (χ3v) is 7.28. The first-order valence-corrected chi connectivity index (χ1v) is 12.6. The molecule has 182 valence electrons. The molecule has 1 amide bonds. The summed E-state index contributed by atoms with van der Waals surface area (Å²) < 4.78 is 5.46. The summed E-state index contributed by atoms with van der Waals surface area (Å²) >= 11 is 5.68. The van der Waals surface area contributed by atoms with Crippen molar-refractivity contribution in [2.45, 2.75) is 32.7 Å². The van der Waals surface area contributed by atoms with E-state index in [9.17, 15) is 4.79 Å². The number of likely N-dealkylation sites (tertiary alicyclic amines) is 1. The molecule has 7 heteroatoms. The molecule has 4 rings (SSSR count). The van der Waals surface area contributed by atoms with Crippen LogP contribution in [0, 0.1) is 12.8 Å². The van der Waals surface area contributed by atoms with Gasteiger partial charge in [-0.3, -0.25) is 4.79 Å². The molecule has 6 nitrogen and oxygen atoms in total. The van der Waals surface area contributed by atoms with Crippen molar-refractivity contribution in [2.75, 3.05) is 51.3 Å². The maximum atomic E-state index is 13.8. The lowest BCUT2D eigenvalue weighted by molar-refractivity contribution is -0.135. The molecular weight excluding hydrogens is 444 g/mol. The molecule has 2 heterocycles. The highest BCUT2D eigenvalue weighted by atomic mass is 32.1. The lowest BCUT2D eigenvalue weighted by atomic mass is 9.87. The van der Waals surface area contributed by atoms with Crippen molar-refractivity contribution < 1.29 is 9.53 Å². The number of rotatable bonds is 5. The number of nitrogens with one attached hydrogen (secondary N) is 1. The van der Waals surface area contributed by atoms with Gasteiger partial charge in [-0.1, -0.05) is 30.3 Å². The van der Waals surface area contributed by atoms with E-state index in [1.54, 1.807) is 7.11 Å². The van der Waals surface area contributed by atoms with Crippen LogP contribution >= 0.6 is 12.2 Å². The summed E-state index contributed by atoms with van der Waals surface area (Å²) in [6.07, 6.45) is 0. The van der Waals surface area contributed by atoms with Gasteiger partial charge in [0.25, 0.3) is 0 Å². The van der Waals surface area contributed by atoms with Crippen molar-refractivity contribution in [3.63, 3.8) is 0 Å². The van der Waals surface area contributed by atoms with Crippen molar-refractivity contribution in [2.24, 2.45) is 5.92 Å². The molecule has 2 aromatic rings. The van der Waals surface area contributed by atoms with Gasteiger partial charge in [-0.25, -0.2) is 0 Å². The van der Waals surface area contributed by atoms with E-state index in [1.807, 2.05) is 12.1 Å². The van der Waals surface area contributed by atoms with Gasteiger partial charge in [-0.15, -0.1) is 0 Å². The van der Waals surface area contributed by atoms with Gasteiger partial charge in [-0.05, 0) is 62.3 Å². The molecule has 2 aromatic carbocycles. The highest BCUT2D eigenvalue weighted by Gasteiger charge is 2.42. The van der Waals surface area contributed by atoms with E-state index in [4.69, 9.17) is 17.0 Å². The Hall–Kier alpha value is -2.80. The number of carbonyl (C=O) groups excluding carboxylic acids is 1. The van der Waals surface area contributed by atoms with E-state index in [1.165, 1.54) is 11.3 Å². The summed E-state index contributed by atoms with van der Waals surface area (Å²) in [6, 6.07) is 16.8. The van der Waals surface area contributed by atoms with Crippen LogP contribution in [0.25, 0.3) is 0 Å². The van der Waals surface area contributed by atoms with E-state index in [2.05, 4.69) is 77.2 Å². The topological polar surface area (TPSA) is 48.1 Å². The van der Waals surface area contributed by atoms with E-state index < -0.39 is 0 Å². The van der Waals surface area contributed by atoms with E-state index in [0.29, 0.717) is 6.54 Å². The van der Waals surface area contributed by atoms with Gasteiger partial charge in [0.2, 0.25) is 5.91 Å². The summed E-state index contributed by atoms with van der Waals surface area (Å²) in [6.45, 7) is 10.9. The van der Waals surface area contributed by atoms with Crippen molar-refractivity contribution in [3.8, 4) is 5.75 Å². The molecule has 0 aliphatic carbocycles. The second kappa shape index (κ2) is 10.6. The molecule has 0 spiro atoms. The predicted octanol–water partition coefficient (Wildman–Crippen LogP) is 3.65. The number of thiocarbonyl (C=S) groups is 1. The Morgan fingerprint density at radius 3 is 2.44 bits per heavy atom. The Bertz CT molecular complexity index is 1020. The summed E-state index contributed by atoms with van der Waals surface area (Å²) in [7, 11) is 1.68. The second-order valence-electron chi connectivity index (χ2n) is 9.60. The molecule has 0 aromatic heterocycles. The Morgan fingerprint density at radius 1 is 1.03 bits per heavy atom. The van der Waals surface area contributed by atoms with Gasteiger partial charge in [0.1, 0.15) is 5.75 Å². The molecule has 1 N–H and O–H groups in total. The lowest BCUT2D eigenvalue weighted by Gasteiger charge is -2.38. The van der Waals surface area contributed by atoms with Gasteiger partial charge in [0, 0.05) is 56.9 Å². The maximum Gasteiger partial charge on any atom is 0.228 e. The number of aryl methyl sites for hydroxylation is 1. The van der Waals surface area contributed by atoms with Crippen LogP contribution < -0.4 is 15.0 Å². The number of amides is 1. The summed E-state index contributed by atoms with van der Waals surface area (Å²) in [5, 5.41) is 4.07. The predicted molar refractivity (Wildman–Crippen MR) is 142 cm³/mol. The first kappa shape index (κ1) is 24.3. The van der Waals surface area contributed by atoms with Crippen molar-refractivity contribution in [1.82, 2.24) is 15.1 Å². The molecule has 2 unspecified atom stereocenters. The third-order valence-electron chi connectivity index (χ3n) is 6.91. The zero-order chi connectivity index (χ0) is 24.2. The quantitative estimate of drug-likeness (QED) is 0.660. The Balaban J connectivity index is 1.50. The van der Waals surface area contributed by atoms with Crippen LogP contribution in [-0.4, -0.2) is 73.2 Å². The number of methoxy groups -OCH3 is 1. The molecular formula is C27H36N4O2S. The largest absolute Gasteiger partial charge is 0.497 e. The number of nitrogens with zero attached hydrogens (tertiary/aromatic N) is 3. The minimum Gasteiger partial charge on any atom is -0.497 e. The molecule has 2 atom stereocenters. The van der Waals surface area contributed by atoms with Gasteiger partial charge < -0.3 is 24.8 Å². The van der Waals surface area contributed by atoms with Crippen LogP contribution in [-0.2, 0) is 4.79 Å². The van der Waals surface area contributed by atoms with E-state index in [0.717, 1.165) is 49.1 Å². The SMILES string of the molecule is COc1cccc(C2CN(C(=S)NC(C)C)CC2C(=O)N2CCN(c3ccccc3C)CC2)c1. The fourth-order valence-electron chi connectivity index (χ4n) is 5.09. The molecule has 34 heavy (non-hydrogen) atoms. The third kappa shape index (κ3) is 5.30. The normalized spacial score (nSPS) is 20.6.